The predicted octanol–water partition coefficient (Wildman–Crippen LogP) is 8.02. The molecule has 4 aromatic rings. The summed E-state index contributed by atoms with van der Waals surface area (Å²) in [6, 6.07) is 25.8. The number of hydrogen-bond acceptors (Lipinski definition) is 3. The van der Waals surface area contributed by atoms with Crippen molar-refractivity contribution in [3.8, 4) is 22.6 Å². The van der Waals surface area contributed by atoms with E-state index in [4.69, 9.17) is 16.3 Å². The maximum Gasteiger partial charge on any atom is 0.137 e. The van der Waals surface area contributed by atoms with Crippen molar-refractivity contribution in [2.75, 3.05) is 19.7 Å². The van der Waals surface area contributed by atoms with E-state index < -0.39 is 0 Å². The van der Waals surface area contributed by atoms with Crippen molar-refractivity contribution in [3.63, 3.8) is 0 Å². The summed E-state index contributed by atoms with van der Waals surface area (Å²) in [4.78, 5) is 2.57. The first kappa shape index (κ1) is 24.7. The quantitative estimate of drug-likeness (QED) is 0.249. The van der Waals surface area contributed by atoms with E-state index in [1.165, 1.54) is 41.3 Å². The van der Waals surface area contributed by atoms with Crippen LogP contribution in [0.4, 0.5) is 0 Å². The topological polar surface area (TPSA) is 32.7 Å². The number of fused-ring (bicyclic) bond motifs is 1. The number of hydrogen-bond donors (Lipinski definition) is 1. The fourth-order valence-corrected chi connectivity index (χ4v) is 5.63. The summed E-state index contributed by atoms with van der Waals surface area (Å²) < 4.78 is 6.04. The normalized spacial score (nSPS) is 16.0. The summed E-state index contributed by atoms with van der Waals surface area (Å²) in [6.07, 6.45) is 4.48. The number of halogens is 1. The highest BCUT2D eigenvalue weighted by Gasteiger charge is 2.19. The summed E-state index contributed by atoms with van der Waals surface area (Å²) in [5.41, 5.74) is 5.39. The van der Waals surface area contributed by atoms with Gasteiger partial charge in [0.2, 0.25) is 0 Å². The van der Waals surface area contributed by atoms with Gasteiger partial charge in [0.05, 0.1) is 11.6 Å². The van der Waals surface area contributed by atoms with Gasteiger partial charge in [-0.3, -0.25) is 0 Å². The summed E-state index contributed by atoms with van der Waals surface area (Å²) in [5, 5.41) is 13.3. The molecule has 0 spiro atoms. The Balaban J connectivity index is 1.35. The van der Waals surface area contributed by atoms with Crippen molar-refractivity contribution in [2.24, 2.45) is 0 Å². The Kier molecular flexibility index (Phi) is 7.50. The van der Waals surface area contributed by atoms with Gasteiger partial charge in [-0.1, -0.05) is 66.2 Å². The van der Waals surface area contributed by atoms with Crippen LogP contribution < -0.4 is 4.74 Å². The van der Waals surface area contributed by atoms with Crippen LogP contribution in [0, 0.1) is 6.92 Å². The molecule has 1 aliphatic rings. The Bertz CT molecular complexity index is 1350. The zero-order valence-corrected chi connectivity index (χ0v) is 21.9. The number of benzene rings is 4. The monoisotopic (exact) mass is 499 g/mol. The van der Waals surface area contributed by atoms with Crippen molar-refractivity contribution in [2.45, 2.75) is 45.6 Å². The van der Waals surface area contributed by atoms with Gasteiger partial charge in [0.1, 0.15) is 11.5 Å². The highest BCUT2D eigenvalue weighted by atomic mass is 35.5. The fraction of sp³-hybridized carbons (Fsp3) is 0.312. The van der Waals surface area contributed by atoms with Gasteiger partial charge in [0.25, 0.3) is 0 Å². The molecule has 1 aliphatic heterocycles. The van der Waals surface area contributed by atoms with Crippen LogP contribution in [0.3, 0.4) is 0 Å². The summed E-state index contributed by atoms with van der Waals surface area (Å²) in [7, 11) is 0. The van der Waals surface area contributed by atoms with Crippen molar-refractivity contribution < 1.29 is 9.84 Å². The van der Waals surface area contributed by atoms with Crippen LogP contribution in [-0.4, -0.2) is 35.7 Å². The van der Waals surface area contributed by atoms with Crippen LogP contribution in [0.15, 0.2) is 72.8 Å². The van der Waals surface area contributed by atoms with Gasteiger partial charge in [-0.05, 0) is 97.3 Å². The number of nitrogens with zero attached hydrogens (tertiary/aromatic N) is 1. The van der Waals surface area contributed by atoms with Crippen LogP contribution in [-0.2, 0) is 6.42 Å². The number of likely N-dealkylation sites (tertiary alicyclic amines) is 1. The maximum atomic E-state index is 10.5. The van der Waals surface area contributed by atoms with Crippen LogP contribution in [0.2, 0.25) is 5.02 Å². The van der Waals surface area contributed by atoms with E-state index in [-0.39, 0.29) is 5.75 Å². The van der Waals surface area contributed by atoms with Crippen molar-refractivity contribution >= 4 is 22.4 Å². The van der Waals surface area contributed by atoms with Crippen molar-refractivity contribution in [1.82, 2.24) is 4.90 Å². The van der Waals surface area contributed by atoms with E-state index in [2.05, 4.69) is 72.5 Å². The number of ether oxygens (including phenoxy) is 1. The lowest BCUT2D eigenvalue weighted by Gasteiger charge is -2.20. The summed E-state index contributed by atoms with van der Waals surface area (Å²) >= 11 is 6.17. The van der Waals surface area contributed by atoms with E-state index in [1.807, 2.05) is 13.0 Å². The molecule has 5 rings (SSSR count). The van der Waals surface area contributed by atoms with Gasteiger partial charge in [0.15, 0.2) is 0 Å². The number of phenolic OH excluding ortho intramolecular Hbond substituents is 1. The molecule has 0 amide bonds. The molecule has 36 heavy (non-hydrogen) atoms. The molecular formula is C32H34ClNO2. The number of phenols is 1. The Morgan fingerprint density at radius 1 is 0.972 bits per heavy atom. The lowest BCUT2D eigenvalue weighted by molar-refractivity contribution is 0.230. The number of rotatable bonds is 8. The van der Waals surface area contributed by atoms with E-state index >= 15 is 0 Å². The van der Waals surface area contributed by atoms with Crippen LogP contribution in [0.1, 0.15) is 42.9 Å². The van der Waals surface area contributed by atoms with Crippen LogP contribution in [0.25, 0.3) is 21.9 Å². The van der Waals surface area contributed by atoms with E-state index in [1.54, 1.807) is 6.07 Å². The highest BCUT2D eigenvalue weighted by molar-refractivity contribution is 6.32. The van der Waals surface area contributed by atoms with Gasteiger partial charge >= 0.3 is 0 Å². The molecule has 0 radical (unpaired) electrons. The van der Waals surface area contributed by atoms with E-state index in [0.29, 0.717) is 11.1 Å². The molecule has 4 aromatic carbocycles. The Morgan fingerprint density at radius 3 is 2.53 bits per heavy atom. The maximum absolute atomic E-state index is 10.5. The number of aromatic hydroxyl groups is 1. The minimum Gasteiger partial charge on any atom is -0.506 e. The second kappa shape index (κ2) is 10.9. The fourth-order valence-electron chi connectivity index (χ4n) is 5.43. The molecular weight excluding hydrogens is 466 g/mol. The zero-order chi connectivity index (χ0) is 25.1. The molecule has 0 aliphatic carbocycles. The molecule has 1 saturated heterocycles. The third kappa shape index (κ3) is 5.23. The summed E-state index contributed by atoms with van der Waals surface area (Å²) in [6.45, 7) is 7.33. The average Bonchev–Trinajstić information content (AvgIpc) is 3.31. The first-order valence-electron chi connectivity index (χ1n) is 13.0. The second-order valence-corrected chi connectivity index (χ2v) is 10.3. The molecule has 4 heteroatoms. The third-order valence-electron chi connectivity index (χ3n) is 7.57. The lowest BCUT2D eigenvalue weighted by atomic mass is 9.88. The minimum absolute atomic E-state index is 0.147. The van der Waals surface area contributed by atoms with Crippen molar-refractivity contribution in [3.05, 3.63) is 94.5 Å². The highest BCUT2D eigenvalue weighted by Crippen LogP contribution is 2.39. The molecule has 1 unspecified atom stereocenters. The SMILES string of the molecule is Cc1c(-c2ccc3ccccc3c2Cc2ccc(OCCCN3CCCC3C)cc2)ccc(Cl)c1O. The molecule has 3 nitrogen and oxygen atoms in total. The first-order chi connectivity index (χ1) is 17.5. The molecule has 1 fully saturated rings. The zero-order valence-electron chi connectivity index (χ0n) is 21.1. The molecule has 1 atom stereocenters. The van der Waals surface area contributed by atoms with Crippen molar-refractivity contribution in [1.29, 1.82) is 0 Å². The van der Waals surface area contributed by atoms with Crippen LogP contribution in [0.5, 0.6) is 11.5 Å². The molecule has 0 saturated carbocycles. The van der Waals surface area contributed by atoms with E-state index in [9.17, 15) is 5.11 Å². The first-order valence-corrected chi connectivity index (χ1v) is 13.3. The molecule has 1 N–H and O–H groups in total. The van der Waals surface area contributed by atoms with Crippen LogP contribution >= 0.6 is 11.6 Å². The predicted molar refractivity (Wildman–Crippen MR) is 150 cm³/mol. The Hall–Kier alpha value is -3.01. The molecule has 186 valence electrons. The Labute approximate surface area is 219 Å². The van der Waals surface area contributed by atoms with E-state index in [0.717, 1.165) is 48.4 Å². The van der Waals surface area contributed by atoms with Gasteiger partial charge in [-0.2, -0.15) is 0 Å². The minimum atomic E-state index is 0.147. The molecule has 0 bridgehead atoms. The summed E-state index contributed by atoms with van der Waals surface area (Å²) in [5.74, 6) is 1.07. The Morgan fingerprint density at radius 2 is 1.75 bits per heavy atom. The second-order valence-electron chi connectivity index (χ2n) is 9.93. The van der Waals surface area contributed by atoms with Gasteiger partial charge in [-0.15, -0.1) is 0 Å². The average molecular weight is 500 g/mol. The van der Waals surface area contributed by atoms with Gasteiger partial charge in [-0.25, -0.2) is 0 Å². The standard InChI is InChI=1S/C32H34ClNO2/c1-22-7-5-18-34(22)19-6-20-36-26-13-10-24(11-14-26)21-30-28-9-4-3-8-25(28)12-15-29(30)27-16-17-31(33)32(35)23(27)2/h3-4,8-17,22,35H,5-7,18-21H2,1-2H3. The smallest absolute Gasteiger partial charge is 0.137 e. The third-order valence-corrected chi connectivity index (χ3v) is 7.87. The molecule has 1 heterocycles. The van der Waals surface area contributed by atoms with Gasteiger partial charge < -0.3 is 14.7 Å². The lowest BCUT2D eigenvalue weighted by Crippen LogP contribution is -2.28. The van der Waals surface area contributed by atoms with Gasteiger partial charge in [0, 0.05) is 18.2 Å². The molecule has 0 aromatic heterocycles. The largest absolute Gasteiger partial charge is 0.506 e.